The van der Waals surface area contributed by atoms with E-state index >= 15 is 0 Å². The summed E-state index contributed by atoms with van der Waals surface area (Å²) < 4.78 is 2.03. The molecule has 15 heavy (non-hydrogen) atoms. The minimum Gasteiger partial charge on any atom is -0.393 e. The predicted molar refractivity (Wildman–Crippen MR) is 58.4 cm³/mol. The van der Waals surface area contributed by atoms with Crippen molar-refractivity contribution in [2.24, 2.45) is 0 Å². The molecule has 1 N–H and O–H groups in total. The highest BCUT2D eigenvalue weighted by Crippen LogP contribution is 2.13. The maximum atomic E-state index is 9.41. The van der Waals surface area contributed by atoms with Crippen LogP contribution in [0.4, 0.5) is 0 Å². The van der Waals surface area contributed by atoms with Crippen LogP contribution in [0.15, 0.2) is 12.3 Å². The Kier molecular flexibility index (Phi) is 3.38. The third-order valence-corrected chi connectivity index (χ3v) is 3.05. The van der Waals surface area contributed by atoms with E-state index in [0.717, 1.165) is 39.0 Å². The zero-order chi connectivity index (χ0) is 10.7. The van der Waals surface area contributed by atoms with Crippen LogP contribution in [0.3, 0.4) is 0 Å². The molecule has 1 aromatic heterocycles. The first kappa shape index (κ1) is 10.6. The Labute approximate surface area is 90.5 Å². The average Bonchev–Trinajstić information content (AvgIpc) is 2.69. The van der Waals surface area contributed by atoms with Gasteiger partial charge in [-0.05, 0) is 25.8 Å². The third-order valence-electron chi connectivity index (χ3n) is 3.05. The first-order chi connectivity index (χ1) is 7.29. The van der Waals surface area contributed by atoms with Gasteiger partial charge in [0, 0.05) is 32.4 Å². The van der Waals surface area contributed by atoms with E-state index in [4.69, 9.17) is 0 Å². The topological polar surface area (TPSA) is 41.3 Å². The molecule has 0 unspecified atom stereocenters. The Morgan fingerprint density at radius 2 is 2.20 bits per heavy atom. The maximum Gasteiger partial charge on any atom is 0.0564 e. The quantitative estimate of drug-likeness (QED) is 0.802. The summed E-state index contributed by atoms with van der Waals surface area (Å²) in [5.74, 6) is 0. The highest BCUT2D eigenvalue weighted by molar-refractivity contribution is 5.00. The standard InChI is InChI=1S/C11H19N3O/c1-2-14-10(3-6-12-14)9-13-7-4-11(15)5-8-13/h3,6,11,15H,2,4-5,7-9H2,1H3. The number of piperidine rings is 1. The summed E-state index contributed by atoms with van der Waals surface area (Å²) in [5, 5.41) is 13.7. The van der Waals surface area contributed by atoms with Gasteiger partial charge in [0.25, 0.3) is 0 Å². The van der Waals surface area contributed by atoms with Crippen molar-refractivity contribution in [3.05, 3.63) is 18.0 Å². The number of hydrogen-bond acceptors (Lipinski definition) is 3. The van der Waals surface area contributed by atoms with E-state index in [1.165, 1.54) is 5.69 Å². The molecule has 1 aliphatic heterocycles. The van der Waals surface area contributed by atoms with Crippen molar-refractivity contribution in [1.82, 2.24) is 14.7 Å². The molecule has 0 radical (unpaired) electrons. The second-order valence-electron chi connectivity index (χ2n) is 4.15. The lowest BCUT2D eigenvalue weighted by Crippen LogP contribution is -2.35. The van der Waals surface area contributed by atoms with Gasteiger partial charge in [-0.25, -0.2) is 0 Å². The fraction of sp³-hybridized carbons (Fsp3) is 0.727. The minimum absolute atomic E-state index is 0.0858. The van der Waals surface area contributed by atoms with Crippen LogP contribution in [0.25, 0.3) is 0 Å². The molecule has 84 valence electrons. The number of rotatable bonds is 3. The van der Waals surface area contributed by atoms with Gasteiger partial charge in [-0.2, -0.15) is 5.10 Å². The number of aliphatic hydroxyl groups excluding tert-OH is 1. The predicted octanol–water partition coefficient (Wildman–Crippen LogP) is 0.860. The Morgan fingerprint density at radius 3 is 2.87 bits per heavy atom. The normalized spacial score (nSPS) is 19.6. The molecule has 0 spiro atoms. The van der Waals surface area contributed by atoms with Crippen molar-refractivity contribution in [2.45, 2.75) is 39.0 Å². The Balaban J connectivity index is 1.91. The zero-order valence-corrected chi connectivity index (χ0v) is 9.26. The van der Waals surface area contributed by atoms with Gasteiger partial charge in [-0.15, -0.1) is 0 Å². The third kappa shape index (κ3) is 2.58. The van der Waals surface area contributed by atoms with Gasteiger partial charge in [0.1, 0.15) is 0 Å². The number of aromatic nitrogens is 2. The number of aliphatic hydroxyl groups is 1. The maximum absolute atomic E-state index is 9.41. The lowest BCUT2D eigenvalue weighted by molar-refractivity contribution is 0.0780. The van der Waals surface area contributed by atoms with E-state index in [1.54, 1.807) is 0 Å². The summed E-state index contributed by atoms with van der Waals surface area (Å²) in [6.07, 6.45) is 3.58. The first-order valence-electron chi connectivity index (χ1n) is 5.70. The summed E-state index contributed by atoms with van der Waals surface area (Å²) >= 11 is 0. The van der Waals surface area contributed by atoms with Gasteiger partial charge in [-0.1, -0.05) is 0 Å². The van der Waals surface area contributed by atoms with Crippen molar-refractivity contribution in [3.63, 3.8) is 0 Å². The first-order valence-corrected chi connectivity index (χ1v) is 5.70. The van der Waals surface area contributed by atoms with Crippen LogP contribution >= 0.6 is 0 Å². The van der Waals surface area contributed by atoms with E-state index in [0.29, 0.717) is 0 Å². The summed E-state index contributed by atoms with van der Waals surface area (Å²) in [7, 11) is 0. The van der Waals surface area contributed by atoms with Gasteiger partial charge in [0.2, 0.25) is 0 Å². The van der Waals surface area contributed by atoms with Crippen molar-refractivity contribution >= 4 is 0 Å². The Bertz CT molecular complexity index is 303. The molecule has 4 nitrogen and oxygen atoms in total. The highest BCUT2D eigenvalue weighted by Gasteiger charge is 2.17. The fourth-order valence-electron chi connectivity index (χ4n) is 2.09. The molecule has 0 amide bonds. The number of likely N-dealkylation sites (tertiary alicyclic amines) is 1. The fourth-order valence-corrected chi connectivity index (χ4v) is 2.09. The Morgan fingerprint density at radius 1 is 1.47 bits per heavy atom. The van der Waals surface area contributed by atoms with Crippen molar-refractivity contribution in [1.29, 1.82) is 0 Å². The van der Waals surface area contributed by atoms with Crippen molar-refractivity contribution < 1.29 is 5.11 Å². The monoisotopic (exact) mass is 209 g/mol. The molecule has 4 heteroatoms. The molecular weight excluding hydrogens is 190 g/mol. The second kappa shape index (κ2) is 4.77. The number of hydrogen-bond donors (Lipinski definition) is 1. The van der Waals surface area contributed by atoms with Gasteiger partial charge in [0.05, 0.1) is 11.8 Å². The Hall–Kier alpha value is -0.870. The number of nitrogens with zero attached hydrogens (tertiary/aromatic N) is 3. The molecular formula is C11H19N3O. The van der Waals surface area contributed by atoms with Crippen LogP contribution < -0.4 is 0 Å². The minimum atomic E-state index is -0.0858. The van der Waals surface area contributed by atoms with Crippen LogP contribution in [0, 0.1) is 0 Å². The molecule has 2 rings (SSSR count). The SMILES string of the molecule is CCn1nccc1CN1CCC(O)CC1. The number of aryl methyl sites for hydroxylation is 1. The van der Waals surface area contributed by atoms with Crippen LogP contribution in [0.1, 0.15) is 25.5 Å². The second-order valence-corrected chi connectivity index (χ2v) is 4.15. The molecule has 0 bridgehead atoms. The molecule has 2 heterocycles. The molecule has 0 atom stereocenters. The molecule has 0 aliphatic carbocycles. The van der Waals surface area contributed by atoms with E-state index in [2.05, 4.69) is 23.0 Å². The average molecular weight is 209 g/mol. The molecule has 1 saturated heterocycles. The summed E-state index contributed by atoms with van der Waals surface area (Å²) in [6.45, 7) is 5.99. The van der Waals surface area contributed by atoms with Gasteiger partial charge >= 0.3 is 0 Å². The van der Waals surface area contributed by atoms with Crippen LogP contribution in [0.5, 0.6) is 0 Å². The largest absolute Gasteiger partial charge is 0.393 e. The van der Waals surface area contributed by atoms with E-state index in [-0.39, 0.29) is 6.10 Å². The molecule has 1 aromatic rings. The van der Waals surface area contributed by atoms with Gasteiger partial charge in [0.15, 0.2) is 0 Å². The lowest BCUT2D eigenvalue weighted by Gasteiger charge is -2.29. The lowest BCUT2D eigenvalue weighted by atomic mass is 10.1. The smallest absolute Gasteiger partial charge is 0.0564 e. The summed E-state index contributed by atoms with van der Waals surface area (Å²) in [6, 6.07) is 2.08. The van der Waals surface area contributed by atoms with Crippen molar-refractivity contribution in [2.75, 3.05) is 13.1 Å². The van der Waals surface area contributed by atoms with Crippen LogP contribution in [-0.4, -0.2) is 39.0 Å². The zero-order valence-electron chi connectivity index (χ0n) is 9.26. The van der Waals surface area contributed by atoms with Crippen LogP contribution in [0.2, 0.25) is 0 Å². The van der Waals surface area contributed by atoms with Crippen LogP contribution in [-0.2, 0) is 13.1 Å². The molecule has 0 aromatic carbocycles. The van der Waals surface area contributed by atoms with Gasteiger partial charge < -0.3 is 5.11 Å². The van der Waals surface area contributed by atoms with E-state index in [1.807, 2.05) is 10.9 Å². The highest BCUT2D eigenvalue weighted by atomic mass is 16.3. The molecule has 1 fully saturated rings. The van der Waals surface area contributed by atoms with E-state index < -0.39 is 0 Å². The summed E-state index contributed by atoms with van der Waals surface area (Å²) in [5.41, 5.74) is 1.27. The summed E-state index contributed by atoms with van der Waals surface area (Å²) in [4.78, 5) is 2.38. The molecule has 0 saturated carbocycles. The van der Waals surface area contributed by atoms with Gasteiger partial charge in [-0.3, -0.25) is 9.58 Å². The molecule has 1 aliphatic rings. The van der Waals surface area contributed by atoms with Crippen molar-refractivity contribution in [3.8, 4) is 0 Å². The van der Waals surface area contributed by atoms with E-state index in [9.17, 15) is 5.11 Å².